The SMILES string of the molecule is COc1ccc([C@@H](N)CO)cc1[N+](=O)[O-].Cl. The van der Waals surface area contributed by atoms with Crippen molar-refractivity contribution in [3.05, 3.63) is 33.9 Å². The highest BCUT2D eigenvalue weighted by atomic mass is 35.5. The van der Waals surface area contributed by atoms with E-state index in [2.05, 4.69) is 0 Å². The first-order valence-corrected chi connectivity index (χ1v) is 4.29. The predicted molar refractivity (Wildman–Crippen MR) is 60.9 cm³/mol. The summed E-state index contributed by atoms with van der Waals surface area (Å²) in [5, 5.41) is 19.5. The van der Waals surface area contributed by atoms with E-state index in [4.69, 9.17) is 15.6 Å². The summed E-state index contributed by atoms with van der Waals surface area (Å²) >= 11 is 0. The van der Waals surface area contributed by atoms with Gasteiger partial charge in [0.25, 0.3) is 0 Å². The fraction of sp³-hybridized carbons (Fsp3) is 0.333. The molecular formula is C9H13ClN2O4. The summed E-state index contributed by atoms with van der Waals surface area (Å²) in [7, 11) is 1.36. The van der Waals surface area contributed by atoms with Crippen LogP contribution >= 0.6 is 12.4 Å². The zero-order valence-electron chi connectivity index (χ0n) is 8.62. The van der Waals surface area contributed by atoms with E-state index in [0.29, 0.717) is 5.56 Å². The highest BCUT2D eigenvalue weighted by molar-refractivity contribution is 5.85. The second-order valence-corrected chi connectivity index (χ2v) is 2.98. The lowest BCUT2D eigenvalue weighted by Gasteiger charge is -2.09. The van der Waals surface area contributed by atoms with Crippen LogP contribution < -0.4 is 10.5 Å². The maximum Gasteiger partial charge on any atom is 0.311 e. The Morgan fingerprint density at radius 3 is 2.69 bits per heavy atom. The van der Waals surface area contributed by atoms with Crippen LogP contribution in [0.3, 0.4) is 0 Å². The molecule has 16 heavy (non-hydrogen) atoms. The Balaban J connectivity index is 0.00000225. The third kappa shape index (κ3) is 3.06. The van der Waals surface area contributed by atoms with Crippen molar-refractivity contribution >= 4 is 18.1 Å². The summed E-state index contributed by atoms with van der Waals surface area (Å²) in [6.07, 6.45) is 0. The molecule has 0 amide bonds. The van der Waals surface area contributed by atoms with E-state index in [-0.39, 0.29) is 30.5 Å². The van der Waals surface area contributed by atoms with Crippen LogP contribution in [0.25, 0.3) is 0 Å². The van der Waals surface area contributed by atoms with Gasteiger partial charge in [-0.1, -0.05) is 6.07 Å². The van der Waals surface area contributed by atoms with Crippen LogP contribution in [0.5, 0.6) is 5.75 Å². The number of nitrogens with two attached hydrogens (primary N) is 1. The van der Waals surface area contributed by atoms with Crippen molar-refractivity contribution in [3.8, 4) is 5.75 Å². The van der Waals surface area contributed by atoms with E-state index in [1.54, 1.807) is 6.07 Å². The molecule has 0 fully saturated rings. The number of nitrogens with zero attached hydrogens (tertiary/aromatic N) is 1. The lowest BCUT2D eigenvalue weighted by atomic mass is 10.1. The summed E-state index contributed by atoms with van der Waals surface area (Å²) in [6.45, 7) is -0.260. The zero-order chi connectivity index (χ0) is 11.4. The van der Waals surface area contributed by atoms with Gasteiger partial charge in [-0.3, -0.25) is 10.1 Å². The molecule has 0 heterocycles. The predicted octanol–water partition coefficient (Wildman–Crippen LogP) is 1.02. The number of hydrogen-bond donors (Lipinski definition) is 2. The quantitative estimate of drug-likeness (QED) is 0.612. The molecule has 0 aromatic heterocycles. The number of aliphatic hydroxyl groups excluding tert-OH is 1. The summed E-state index contributed by atoms with van der Waals surface area (Å²) in [5.74, 6) is 0.175. The number of aliphatic hydroxyl groups is 1. The topological polar surface area (TPSA) is 98.6 Å². The molecule has 0 saturated carbocycles. The van der Waals surface area contributed by atoms with Crippen molar-refractivity contribution in [1.82, 2.24) is 0 Å². The van der Waals surface area contributed by atoms with Crippen LogP contribution in [0, 0.1) is 10.1 Å². The summed E-state index contributed by atoms with van der Waals surface area (Å²) < 4.78 is 4.83. The van der Waals surface area contributed by atoms with E-state index in [1.807, 2.05) is 0 Å². The molecule has 7 heteroatoms. The summed E-state index contributed by atoms with van der Waals surface area (Å²) in [6, 6.07) is 3.74. The van der Waals surface area contributed by atoms with Gasteiger partial charge in [0.15, 0.2) is 5.75 Å². The molecule has 3 N–H and O–H groups in total. The molecular weight excluding hydrogens is 236 g/mol. The average Bonchev–Trinajstić information content (AvgIpc) is 2.27. The third-order valence-corrected chi connectivity index (χ3v) is 2.02. The highest BCUT2D eigenvalue weighted by Gasteiger charge is 2.17. The van der Waals surface area contributed by atoms with Crippen LogP contribution in [0.1, 0.15) is 11.6 Å². The molecule has 0 radical (unpaired) electrons. The number of halogens is 1. The average molecular weight is 249 g/mol. The van der Waals surface area contributed by atoms with Gasteiger partial charge in [-0.05, 0) is 11.6 Å². The van der Waals surface area contributed by atoms with E-state index >= 15 is 0 Å². The molecule has 0 bridgehead atoms. The number of hydrogen-bond acceptors (Lipinski definition) is 5. The molecule has 1 rings (SSSR count). The number of nitro benzene ring substituents is 1. The first kappa shape index (κ1) is 14.6. The van der Waals surface area contributed by atoms with E-state index < -0.39 is 11.0 Å². The van der Waals surface area contributed by atoms with Crippen molar-refractivity contribution in [1.29, 1.82) is 0 Å². The molecule has 0 saturated heterocycles. The maximum absolute atomic E-state index is 10.7. The lowest BCUT2D eigenvalue weighted by Crippen LogP contribution is -2.14. The summed E-state index contributed by atoms with van der Waals surface area (Å²) in [4.78, 5) is 10.1. The van der Waals surface area contributed by atoms with Gasteiger partial charge in [0.2, 0.25) is 0 Å². The smallest absolute Gasteiger partial charge is 0.311 e. The second kappa shape index (κ2) is 6.26. The van der Waals surface area contributed by atoms with Crippen LogP contribution in [0.2, 0.25) is 0 Å². The molecule has 1 aromatic rings. The van der Waals surface area contributed by atoms with Gasteiger partial charge >= 0.3 is 5.69 Å². The molecule has 0 unspecified atom stereocenters. The van der Waals surface area contributed by atoms with Crippen molar-refractivity contribution in [2.24, 2.45) is 5.73 Å². The number of benzene rings is 1. The number of nitro groups is 1. The molecule has 6 nitrogen and oxygen atoms in total. The van der Waals surface area contributed by atoms with Crippen molar-refractivity contribution < 1.29 is 14.8 Å². The Bertz CT molecular complexity index is 373. The molecule has 0 aliphatic rings. The Kier molecular flexibility index (Phi) is 5.73. The van der Waals surface area contributed by atoms with Gasteiger partial charge in [0.1, 0.15) is 0 Å². The minimum Gasteiger partial charge on any atom is -0.490 e. The minimum absolute atomic E-state index is 0. The van der Waals surface area contributed by atoms with Gasteiger partial charge in [-0.15, -0.1) is 12.4 Å². The van der Waals surface area contributed by atoms with E-state index in [0.717, 1.165) is 0 Å². The Morgan fingerprint density at radius 2 is 2.25 bits per heavy atom. The fourth-order valence-electron chi connectivity index (χ4n) is 1.19. The maximum atomic E-state index is 10.7. The fourth-order valence-corrected chi connectivity index (χ4v) is 1.19. The summed E-state index contributed by atoms with van der Waals surface area (Å²) in [5.41, 5.74) is 5.89. The largest absolute Gasteiger partial charge is 0.490 e. The van der Waals surface area contributed by atoms with Crippen LogP contribution in [0.4, 0.5) is 5.69 Å². The number of methoxy groups -OCH3 is 1. The molecule has 1 aromatic carbocycles. The lowest BCUT2D eigenvalue weighted by molar-refractivity contribution is -0.385. The van der Waals surface area contributed by atoms with Gasteiger partial charge in [0.05, 0.1) is 24.7 Å². The highest BCUT2D eigenvalue weighted by Crippen LogP contribution is 2.29. The number of ether oxygens (including phenoxy) is 1. The van der Waals surface area contributed by atoms with E-state index in [9.17, 15) is 10.1 Å². The molecule has 0 aliphatic heterocycles. The molecule has 90 valence electrons. The van der Waals surface area contributed by atoms with Gasteiger partial charge in [0, 0.05) is 6.07 Å². The van der Waals surface area contributed by atoms with Crippen LogP contribution in [-0.4, -0.2) is 23.7 Å². The first-order chi connectivity index (χ1) is 7.10. The normalized spacial score (nSPS) is 11.4. The molecule has 0 spiro atoms. The van der Waals surface area contributed by atoms with Crippen LogP contribution in [0.15, 0.2) is 18.2 Å². The van der Waals surface area contributed by atoms with Gasteiger partial charge in [-0.25, -0.2) is 0 Å². The standard InChI is InChI=1S/C9H12N2O4.ClH/c1-15-9-3-2-6(7(10)5-12)4-8(9)11(13)14;/h2-4,7,12H,5,10H2,1H3;1H/t7-;/m0./s1. The first-order valence-electron chi connectivity index (χ1n) is 4.29. The number of rotatable bonds is 4. The monoisotopic (exact) mass is 248 g/mol. The Hall–Kier alpha value is -1.37. The Morgan fingerprint density at radius 1 is 1.62 bits per heavy atom. The van der Waals surface area contributed by atoms with E-state index in [1.165, 1.54) is 19.2 Å². The molecule has 1 atom stereocenters. The van der Waals surface area contributed by atoms with Gasteiger partial charge in [-0.2, -0.15) is 0 Å². The third-order valence-electron chi connectivity index (χ3n) is 2.02. The van der Waals surface area contributed by atoms with Crippen LogP contribution in [-0.2, 0) is 0 Å². The zero-order valence-corrected chi connectivity index (χ0v) is 9.44. The van der Waals surface area contributed by atoms with Crippen molar-refractivity contribution in [3.63, 3.8) is 0 Å². The second-order valence-electron chi connectivity index (χ2n) is 2.98. The van der Waals surface area contributed by atoms with Crippen molar-refractivity contribution in [2.45, 2.75) is 6.04 Å². The van der Waals surface area contributed by atoms with Crippen molar-refractivity contribution in [2.75, 3.05) is 13.7 Å². The van der Waals surface area contributed by atoms with Gasteiger partial charge < -0.3 is 15.6 Å². The molecule has 0 aliphatic carbocycles. The minimum atomic E-state index is -0.616. The Labute approximate surface area is 98.6 Å².